The zero-order chi connectivity index (χ0) is 23.9. The van der Waals surface area contributed by atoms with Crippen LogP contribution >= 0.6 is 0 Å². The number of rotatable bonds is 9. The van der Waals surface area contributed by atoms with Gasteiger partial charge in [0.2, 0.25) is 0 Å². The molecule has 34 heavy (non-hydrogen) atoms. The summed E-state index contributed by atoms with van der Waals surface area (Å²) in [6.07, 6.45) is 10.3. The number of fused-ring (bicyclic) bond motifs is 3. The largest absolute Gasteiger partial charge is 0.481 e. The predicted octanol–water partition coefficient (Wildman–Crippen LogP) is 4.41. The van der Waals surface area contributed by atoms with Crippen molar-refractivity contribution in [3.63, 3.8) is 0 Å². The average molecular weight is 477 g/mol. The maximum absolute atomic E-state index is 13.1. The molecule has 7 nitrogen and oxygen atoms in total. The summed E-state index contributed by atoms with van der Waals surface area (Å²) in [6.45, 7) is 4.36. The van der Waals surface area contributed by atoms with Crippen LogP contribution in [0.3, 0.4) is 0 Å². The average Bonchev–Trinajstić information content (AvgIpc) is 3.67. The Morgan fingerprint density at radius 1 is 1.00 bits per heavy atom. The highest BCUT2D eigenvalue weighted by molar-refractivity contribution is 5.76. The van der Waals surface area contributed by atoms with E-state index in [4.69, 9.17) is 14.2 Å². The Balaban J connectivity index is 1.34. The van der Waals surface area contributed by atoms with Crippen LogP contribution in [-0.2, 0) is 23.8 Å². The number of hydrogen-bond acceptors (Lipinski definition) is 5. The van der Waals surface area contributed by atoms with Crippen LogP contribution in [0.2, 0.25) is 0 Å². The second-order valence-electron chi connectivity index (χ2n) is 12.7. The SMILES string of the molecule is CCCCC12CCC(CC3(C(=O)O)CCC4OC4C3)(C(C(=O)O)C3CC4OC4CC3C)CC1O2. The Morgan fingerprint density at radius 2 is 1.76 bits per heavy atom. The van der Waals surface area contributed by atoms with Crippen molar-refractivity contribution in [1.82, 2.24) is 0 Å². The molecule has 190 valence electrons. The van der Waals surface area contributed by atoms with Crippen molar-refractivity contribution in [3.8, 4) is 0 Å². The van der Waals surface area contributed by atoms with E-state index < -0.39 is 28.7 Å². The molecule has 3 heterocycles. The van der Waals surface area contributed by atoms with Crippen LogP contribution in [0, 0.1) is 28.6 Å². The molecule has 0 spiro atoms. The zero-order valence-corrected chi connectivity index (χ0v) is 20.5. The van der Waals surface area contributed by atoms with Crippen LogP contribution in [0.4, 0.5) is 0 Å². The molecule has 11 unspecified atom stereocenters. The van der Waals surface area contributed by atoms with Gasteiger partial charge in [-0.2, -0.15) is 0 Å². The van der Waals surface area contributed by atoms with Crippen LogP contribution in [0.25, 0.3) is 0 Å². The summed E-state index contributed by atoms with van der Waals surface area (Å²) in [7, 11) is 0. The Morgan fingerprint density at radius 3 is 2.44 bits per heavy atom. The second kappa shape index (κ2) is 7.91. The molecular formula is C27H40O7. The molecule has 6 aliphatic rings. The number of carboxylic acid groups (broad SMARTS) is 2. The number of unbranched alkanes of at least 4 members (excludes halogenated alkanes) is 1. The Bertz CT molecular complexity index is 860. The van der Waals surface area contributed by atoms with Gasteiger partial charge in [-0.25, -0.2) is 0 Å². The van der Waals surface area contributed by atoms with Crippen molar-refractivity contribution in [2.24, 2.45) is 28.6 Å². The minimum atomic E-state index is -0.903. The number of epoxide rings is 3. The van der Waals surface area contributed by atoms with Crippen LogP contribution < -0.4 is 0 Å². The van der Waals surface area contributed by atoms with Crippen LogP contribution in [0.15, 0.2) is 0 Å². The van der Waals surface area contributed by atoms with Crippen molar-refractivity contribution >= 4 is 11.9 Å². The highest BCUT2D eigenvalue weighted by Gasteiger charge is 2.68. The molecule has 0 bridgehead atoms. The molecule has 3 aliphatic heterocycles. The first-order valence-corrected chi connectivity index (χ1v) is 13.7. The van der Waals surface area contributed by atoms with E-state index in [0.29, 0.717) is 31.8 Å². The molecular weight excluding hydrogens is 436 g/mol. The molecule has 0 aromatic rings. The van der Waals surface area contributed by atoms with Crippen molar-refractivity contribution in [3.05, 3.63) is 0 Å². The van der Waals surface area contributed by atoms with E-state index in [-0.39, 0.29) is 41.9 Å². The van der Waals surface area contributed by atoms with Gasteiger partial charge in [-0.15, -0.1) is 0 Å². The predicted molar refractivity (Wildman–Crippen MR) is 122 cm³/mol. The Hall–Kier alpha value is -1.18. The fourth-order valence-electron chi connectivity index (χ4n) is 8.62. The van der Waals surface area contributed by atoms with Crippen molar-refractivity contribution < 1.29 is 34.0 Å². The van der Waals surface area contributed by atoms with E-state index in [1.807, 2.05) is 0 Å². The second-order valence-corrected chi connectivity index (χ2v) is 12.7. The Labute approximate surface area is 201 Å². The maximum atomic E-state index is 13.1. The molecule has 6 fully saturated rings. The van der Waals surface area contributed by atoms with E-state index in [2.05, 4.69) is 13.8 Å². The lowest BCUT2D eigenvalue weighted by atomic mass is 9.51. The van der Waals surface area contributed by atoms with Gasteiger partial charge in [0.15, 0.2) is 0 Å². The Kier molecular flexibility index (Phi) is 5.40. The van der Waals surface area contributed by atoms with Crippen molar-refractivity contribution in [2.45, 2.75) is 127 Å². The molecule has 0 aromatic heterocycles. The summed E-state index contributed by atoms with van der Waals surface area (Å²) in [5, 5.41) is 21.2. The zero-order valence-electron chi connectivity index (χ0n) is 20.5. The summed E-state index contributed by atoms with van der Waals surface area (Å²) < 4.78 is 17.9. The lowest BCUT2D eigenvalue weighted by Gasteiger charge is -2.51. The molecule has 0 amide bonds. The fourth-order valence-corrected chi connectivity index (χ4v) is 8.62. The number of ether oxygens (including phenoxy) is 3. The summed E-state index contributed by atoms with van der Waals surface area (Å²) in [4.78, 5) is 25.9. The molecule has 6 rings (SSSR count). The van der Waals surface area contributed by atoms with Gasteiger partial charge in [-0.1, -0.05) is 26.7 Å². The number of hydrogen-bond donors (Lipinski definition) is 2. The minimum Gasteiger partial charge on any atom is -0.481 e. The quantitative estimate of drug-likeness (QED) is 0.474. The van der Waals surface area contributed by atoms with E-state index in [1.165, 1.54) is 0 Å². The topological polar surface area (TPSA) is 112 Å². The first kappa shape index (κ1) is 23.2. The molecule has 0 aromatic carbocycles. The standard InChI is InChI=1S/C27H40O7/c1-3-4-6-27-9-8-25(13-21(27)34-27,14-26(24(30)31)7-5-17-20(12-26)32-17)22(23(28)29)16-11-19-18(33-19)10-15(16)2/h15-22H,3-14H2,1-2H3,(H,28,29)(H,30,31). The van der Waals surface area contributed by atoms with Gasteiger partial charge in [-0.3, -0.25) is 9.59 Å². The molecule has 3 saturated carbocycles. The van der Waals surface area contributed by atoms with E-state index >= 15 is 0 Å². The summed E-state index contributed by atoms with van der Waals surface area (Å²) in [6, 6.07) is 0. The molecule has 0 radical (unpaired) electrons. The fraction of sp³-hybridized carbons (Fsp3) is 0.926. The van der Waals surface area contributed by atoms with Crippen LogP contribution in [0.5, 0.6) is 0 Å². The third-order valence-corrected chi connectivity index (χ3v) is 10.7. The highest BCUT2D eigenvalue weighted by atomic mass is 16.6. The molecule has 2 N–H and O–H groups in total. The highest BCUT2D eigenvalue weighted by Crippen LogP contribution is 2.65. The third-order valence-electron chi connectivity index (χ3n) is 10.7. The normalized spacial score (nSPS) is 51.4. The van der Waals surface area contributed by atoms with E-state index in [9.17, 15) is 19.8 Å². The van der Waals surface area contributed by atoms with Gasteiger partial charge in [0.1, 0.15) is 0 Å². The van der Waals surface area contributed by atoms with Gasteiger partial charge in [0.25, 0.3) is 0 Å². The van der Waals surface area contributed by atoms with E-state index in [0.717, 1.165) is 51.4 Å². The van der Waals surface area contributed by atoms with Gasteiger partial charge in [0, 0.05) is 0 Å². The van der Waals surface area contributed by atoms with E-state index in [1.54, 1.807) is 0 Å². The number of aliphatic carboxylic acids is 2. The number of carboxylic acids is 2. The number of carbonyl (C=O) groups is 2. The van der Waals surface area contributed by atoms with Gasteiger partial charge in [-0.05, 0) is 81.5 Å². The molecule has 3 saturated heterocycles. The third kappa shape index (κ3) is 3.72. The van der Waals surface area contributed by atoms with Crippen molar-refractivity contribution in [1.29, 1.82) is 0 Å². The van der Waals surface area contributed by atoms with Crippen molar-refractivity contribution in [2.75, 3.05) is 0 Å². The smallest absolute Gasteiger partial charge is 0.309 e. The van der Waals surface area contributed by atoms with Gasteiger partial charge < -0.3 is 24.4 Å². The monoisotopic (exact) mass is 476 g/mol. The summed E-state index contributed by atoms with van der Waals surface area (Å²) >= 11 is 0. The van der Waals surface area contributed by atoms with Crippen LogP contribution in [0.1, 0.15) is 90.9 Å². The maximum Gasteiger partial charge on any atom is 0.309 e. The first-order valence-electron chi connectivity index (χ1n) is 13.7. The minimum absolute atomic E-state index is 0.0162. The lowest BCUT2D eigenvalue weighted by molar-refractivity contribution is -0.164. The first-order chi connectivity index (χ1) is 16.2. The summed E-state index contributed by atoms with van der Waals surface area (Å²) in [5.41, 5.74) is -1.57. The molecule has 11 atom stereocenters. The molecule has 3 aliphatic carbocycles. The van der Waals surface area contributed by atoms with Crippen LogP contribution in [-0.4, -0.2) is 58.3 Å². The molecule has 7 heteroatoms. The van der Waals surface area contributed by atoms with Gasteiger partial charge in [0.05, 0.1) is 47.5 Å². The summed E-state index contributed by atoms with van der Waals surface area (Å²) in [5.74, 6) is -1.81. The lowest BCUT2D eigenvalue weighted by Crippen LogP contribution is -2.52. The van der Waals surface area contributed by atoms with Gasteiger partial charge >= 0.3 is 11.9 Å².